The van der Waals surface area contributed by atoms with Crippen molar-refractivity contribution in [3.63, 3.8) is 0 Å². The zero-order valence-corrected chi connectivity index (χ0v) is 14.8. The Kier molecular flexibility index (Phi) is 4.71. The van der Waals surface area contributed by atoms with Gasteiger partial charge in [0.05, 0.1) is 6.54 Å². The summed E-state index contributed by atoms with van der Waals surface area (Å²) in [5, 5.41) is 10.4. The molecule has 0 bridgehead atoms. The van der Waals surface area contributed by atoms with Crippen LogP contribution in [0.2, 0.25) is 0 Å². The van der Waals surface area contributed by atoms with Gasteiger partial charge in [0.2, 0.25) is 11.8 Å². The molecule has 0 atom stereocenters. The smallest absolute Gasteiger partial charge is 0.247 e. The zero-order valence-electron chi connectivity index (χ0n) is 12.4. The van der Waals surface area contributed by atoms with E-state index in [4.69, 9.17) is 4.42 Å². The van der Waals surface area contributed by atoms with E-state index in [0.717, 1.165) is 16.6 Å². The summed E-state index contributed by atoms with van der Waals surface area (Å²) >= 11 is 5.20. The molecule has 4 nitrogen and oxygen atoms in total. The minimum Gasteiger partial charge on any atom is -0.419 e. The number of halogens is 1. The summed E-state index contributed by atoms with van der Waals surface area (Å²) in [6.45, 7) is 3.67. The zero-order chi connectivity index (χ0) is 15.5. The number of aromatic nitrogens is 2. The first kappa shape index (κ1) is 15.4. The molecule has 0 amide bonds. The lowest BCUT2D eigenvalue weighted by atomic mass is 10.2. The van der Waals surface area contributed by atoms with Crippen LogP contribution in [-0.2, 0) is 13.1 Å². The normalized spacial score (nSPS) is 11.3. The topological polar surface area (TPSA) is 42.2 Å². The summed E-state index contributed by atoms with van der Waals surface area (Å²) in [6, 6.07) is 9.99. The van der Waals surface area contributed by atoms with Gasteiger partial charge in [0, 0.05) is 21.5 Å². The highest BCUT2D eigenvalue weighted by Crippen LogP contribution is 2.22. The van der Waals surface area contributed by atoms with Gasteiger partial charge < -0.3 is 4.42 Å². The van der Waals surface area contributed by atoms with E-state index in [1.165, 1.54) is 10.4 Å². The van der Waals surface area contributed by atoms with Crippen molar-refractivity contribution in [2.24, 2.45) is 0 Å². The molecular formula is C16H16BrN3OS. The molecule has 0 fully saturated rings. The van der Waals surface area contributed by atoms with Crippen LogP contribution in [0.25, 0.3) is 11.5 Å². The Morgan fingerprint density at radius 2 is 1.91 bits per heavy atom. The summed E-state index contributed by atoms with van der Waals surface area (Å²) in [5.74, 6) is 1.19. The summed E-state index contributed by atoms with van der Waals surface area (Å²) in [4.78, 5) is 3.55. The van der Waals surface area contributed by atoms with Gasteiger partial charge in [0.25, 0.3) is 0 Å². The fourth-order valence-electron chi connectivity index (χ4n) is 2.12. The third kappa shape index (κ3) is 3.63. The summed E-state index contributed by atoms with van der Waals surface area (Å²) in [7, 11) is 2.06. The van der Waals surface area contributed by atoms with Crippen LogP contribution in [0.1, 0.15) is 16.3 Å². The maximum absolute atomic E-state index is 5.75. The minimum atomic E-state index is 0.559. The number of aryl methyl sites for hydroxylation is 1. The summed E-state index contributed by atoms with van der Waals surface area (Å²) in [5.41, 5.74) is 2.26. The average molecular weight is 378 g/mol. The standard InChI is InChI=1S/C16H16BrN3OS/c1-11-7-8-22-14(11)9-20(2)10-15-18-19-16(21-15)12-3-5-13(17)6-4-12/h3-8H,9-10H2,1-2H3. The molecule has 2 aromatic heterocycles. The largest absolute Gasteiger partial charge is 0.419 e. The predicted molar refractivity (Wildman–Crippen MR) is 91.7 cm³/mol. The monoisotopic (exact) mass is 377 g/mol. The van der Waals surface area contributed by atoms with Gasteiger partial charge in [-0.2, -0.15) is 0 Å². The van der Waals surface area contributed by atoms with Gasteiger partial charge in [-0.3, -0.25) is 4.90 Å². The third-order valence-electron chi connectivity index (χ3n) is 3.34. The Balaban J connectivity index is 1.66. The molecule has 0 N–H and O–H groups in total. The lowest BCUT2D eigenvalue weighted by molar-refractivity contribution is 0.284. The van der Waals surface area contributed by atoms with E-state index in [2.05, 4.69) is 56.4 Å². The Morgan fingerprint density at radius 1 is 1.14 bits per heavy atom. The molecule has 0 saturated carbocycles. The van der Waals surface area contributed by atoms with Gasteiger partial charge in [0.1, 0.15) is 0 Å². The molecule has 0 radical (unpaired) electrons. The van der Waals surface area contributed by atoms with Crippen molar-refractivity contribution in [2.45, 2.75) is 20.0 Å². The highest BCUT2D eigenvalue weighted by molar-refractivity contribution is 9.10. The van der Waals surface area contributed by atoms with Crippen LogP contribution in [0.4, 0.5) is 0 Å². The van der Waals surface area contributed by atoms with Gasteiger partial charge in [0.15, 0.2) is 0 Å². The van der Waals surface area contributed by atoms with Crippen molar-refractivity contribution < 1.29 is 4.42 Å². The lowest BCUT2D eigenvalue weighted by Gasteiger charge is -2.13. The van der Waals surface area contributed by atoms with E-state index in [0.29, 0.717) is 18.3 Å². The number of hydrogen-bond donors (Lipinski definition) is 0. The Bertz CT molecular complexity index is 751. The van der Waals surface area contributed by atoms with Crippen LogP contribution in [0.5, 0.6) is 0 Å². The SMILES string of the molecule is Cc1ccsc1CN(C)Cc1nnc(-c2ccc(Br)cc2)o1. The maximum atomic E-state index is 5.75. The molecule has 0 aliphatic carbocycles. The second kappa shape index (κ2) is 6.73. The van der Waals surface area contributed by atoms with Crippen LogP contribution >= 0.6 is 27.3 Å². The number of hydrogen-bond acceptors (Lipinski definition) is 5. The first-order valence-electron chi connectivity index (χ1n) is 6.91. The second-order valence-corrected chi connectivity index (χ2v) is 7.12. The first-order valence-corrected chi connectivity index (χ1v) is 8.59. The Morgan fingerprint density at radius 3 is 2.59 bits per heavy atom. The number of benzene rings is 1. The van der Waals surface area contributed by atoms with E-state index in [1.807, 2.05) is 24.3 Å². The first-order chi connectivity index (χ1) is 10.6. The van der Waals surface area contributed by atoms with Crippen LogP contribution < -0.4 is 0 Å². The molecule has 3 aromatic rings. The van der Waals surface area contributed by atoms with Crippen molar-refractivity contribution in [3.8, 4) is 11.5 Å². The molecule has 0 aliphatic rings. The lowest BCUT2D eigenvalue weighted by Crippen LogP contribution is -2.17. The van der Waals surface area contributed by atoms with Crippen molar-refractivity contribution in [1.29, 1.82) is 0 Å². The molecule has 0 aliphatic heterocycles. The fourth-order valence-corrected chi connectivity index (χ4v) is 3.37. The highest BCUT2D eigenvalue weighted by Gasteiger charge is 2.12. The predicted octanol–water partition coefficient (Wildman–Crippen LogP) is 4.50. The summed E-state index contributed by atoms with van der Waals surface area (Å²) in [6.07, 6.45) is 0. The van der Waals surface area contributed by atoms with Crippen LogP contribution in [-0.4, -0.2) is 22.1 Å². The number of nitrogens with zero attached hydrogens (tertiary/aromatic N) is 3. The van der Waals surface area contributed by atoms with Crippen LogP contribution in [0.3, 0.4) is 0 Å². The molecule has 0 spiro atoms. The molecule has 22 heavy (non-hydrogen) atoms. The maximum Gasteiger partial charge on any atom is 0.247 e. The second-order valence-electron chi connectivity index (χ2n) is 5.21. The number of thiophene rings is 1. The summed E-state index contributed by atoms with van der Waals surface area (Å²) < 4.78 is 6.78. The fraction of sp³-hybridized carbons (Fsp3) is 0.250. The average Bonchev–Trinajstić information content (AvgIpc) is 3.10. The van der Waals surface area contributed by atoms with Gasteiger partial charge in [-0.1, -0.05) is 15.9 Å². The van der Waals surface area contributed by atoms with Crippen LogP contribution in [0.15, 0.2) is 44.6 Å². The van der Waals surface area contributed by atoms with Gasteiger partial charge in [-0.15, -0.1) is 21.5 Å². The molecule has 2 heterocycles. The van der Waals surface area contributed by atoms with Crippen molar-refractivity contribution in [2.75, 3.05) is 7.05 Å². The molecule has 1 aromatic carbocycles. The van der Waals surface area contributed by atoms with E-state index < -0.39 is 0 Å². The third-order valence-corrected chi connectivity index (χ3v) is 4.88. The number of rotatable bonds is 5. The highest BCUT2D eigenvalue weighted by atomic mass is 79.9. The van der Waals surface area contributed by atoms with Gasteiger partial charge >= 0.3 is 0 Å². The minimum absolute atomic E-state index is 0.559. The Hall–Kier alpha value is -1.50. The van der Waals surface area contributed by atoms with Crippen molar-refractivity contribution in [3.05, 3.63) is 56.5 Å². The van der Waals surface area contributed by atoms with E-state index in [9.17, 15) is 0 Å². The molecular weight excluding hydrogens is 362 g/mol. The Labute approximate surface area is 141 Å². The molecule has 0 saturated heterocycles. The molecule has 3 rings (SSSR count). The van der Waals surface area contributed by atoms with Crippen molar-refractivity contribution in [1.82, 2.24) is 15.1 Å². The van der Waals surface area contributed by atoms with Crippen molar-refractivity contribution >= 4 is 27.3 Å². The van der Waals surface area contributed by atoms with E-state index >= 15 is 0 Å². The van der Waals surface area contributed by atoms with E-state index in [-0.39, 0.29) is 0 Å². The van der Waals surface area contributed by atoms with Crippen LogP contribution in [0, 0.1) is 6.92 Å². The van der Waals surface area contributed by atoms with Gasteiger partial charge in [-0.25, -0.2) is 0 Å². The quantitative estimate of drug-likeness (QED) is 0.656. The molecule has 0 unspecified atom stereocenters. The molecule has 114 valence electrons. The van der Waals surface area contributed by atoms with Gasteiger partial charge in [-0.05, 0) is 55.2 Å². The molecule has 6 heteroatoms. The van der Waals surface area contributed by atoms with E-state index in [1.54, 1.807) is 11.3 Å².